The Labute approximate surface area is 128 Å². The summed E-state index contributed by atoms with van der Waals surface area (Å²) in [5.41, 5.74) is 6.08. The van der Waals surface area contributed by atoms with Crippen LogP contribution in [0, 0.1) is 18.6 Å². The SMILES string of the molecule is Cc1cccc(-c2nc(=S)[nH]nc2-c2ccccc2C)c1. The van der Waals surface area contributed by atoms with Crippen molar-refractivity contribution in [3.63, 3.8) is 0 Å². The number of nitrogens with one attached hydrogen (secondary N) is 1. The summed E-state index contributed by atoms with van der Waals surface area (Å²) in [6, 6.07) is 16.4. The van der Waals surface area contributed by atoms with Crippen molar-refractivity contribution in [2.24, 2.45) is 0 Å². The van der Waals surface area contributed by atoms with Crippen LogP contribution >= 0.6 is 12.2 Å². The topological polar surface area (TPSA) is 41.6 Å². The molecule has 0 saturated carbocycles. The third-order valence-corrected chi connectivity index (χ3v) is 3.58. The lowest BCUT2D eigenvalue weighted by Gasteiger charge is -2.10. The molecule has 0 aliphatic carbocycles. The van der Waals surface area contributed by atoms with Crippen molar-refractivity contribution >= 4 is 12.2 Å². The molecule has 0 fully saturated rings. The number of aromatic nitrogens is 3. The van der Waals surface area contributed by atoms with E-state index in [1.54, 1.807) is 0 Å². The van der Waals surface area contributed by atoms with Gasteiger partial charge < -0.3 is 0 Å². The van der Waals surface area contributed by atoms with Crippen LogP contribution in [0.4, 0.5) is 0 Å². The number of aromatic amines is 1. The van der Waals surface area contributed by atoms with Crippen molar-refractivity contribution in [3.8, 4) is 22.5 Å². The summed E-state index contributed by atoms with van der Waals surface area (Å²) in [4.78, 5) is 4.50. The van der Waals surface area contributed by atoms with E-state index in [1.165, 1.54) is 5.56 Å². The molecule has 0 saturated heterocycles. The van der Waals surface area contributed by atoms with Gasteiger partial charge in [0.05, 0.1) is 0 Å². The zero-order valence-electron chi connectivity index (χ0n) is 11.9. The Morgan fingerprint density at radius 3 is 2.52 bits per heavy atom. The molecule has 0 spiro atoms. The van der Waals surface area contributed by atoms with Gasteiger partial charge in [-0.3, -0.25) is 5.10 Å². The smallest absolute Gasteiger partial charge is 0.214 e. The first-order valence-corrected chi connectivity index (χ1v) is 7.16. The minimum Gasteiger partial charge on any atom is -0.251 e. The van der Waals surface area contributed by atoms with Crippen molar-refractivity contribution in [2.75, 3.05) is 0 Å². The number of hydrogen-bond donors (Lipinski definition) is 1. The lowest BCUT2D eigenvalue weighted by atomic mass is 10.00. The Morgan fingerprint density at radius 2 is 1.76 bits per heavy atom. The summed E-state index contributed by atoms with van der Waals surface area (Å²) in [5, 5.41) is 7.23. The highest BCUT2D eigenvalue weighted by Crippen LogP contribution is 2.30. The van der Waals surface area contributed by atoms with Gasteiger partial charge >= 0.3 is 0 Å². The summed E-state index contributed by atoms with van der Waals surface area (Å²) in [6.45, 7) is 4.13. The number of benzene rings is 2. The molecule has 2 aromatic carbocycles. The van der Waals surface area contributed by atoms with E-state index >= 15 is 0 Å². The van der Waals surface area contributed by atoms with E-state index in [2.05, 4.69) is 53.3 Å². The molecule has 4 heteroatoms. The van der Waals surface area contributed by atoms with Gasteiger partial charge in [0.2, 0.25) is 4.77 Å². The van der Waals surface area contributed by atoms with Crippen LogP contribution in [0.3, 0.4) is 0 Å². The lowest BCUT2D eigenvalue weighted by molar-refractivity contribution is 0.959. The second kappa shape index (κ2) is 5.58. The van der Waals surface area contributed by atoms with Gasteiger partial charge in [-0.2, -0.15) is 5.10 Å². The largest absolute Gasteiger partial charge is 0.251 e. The Morgan fingerprint density at radius 1 is 0.952 bits per heavy atom. The van der Waals surface area contributed by atoms with E-state index in [9.17, 15) is 0 Å². The highest BCUT2D eigenvalue weighted by molar-refractivity contribution is 7.71. The molecule has 1 N–H and O–H groups in total. The lowest BCUT2D eigenvalue weighted by Crippen LogP contribution is -1.98. The van der Waals surface area contributed by atoms with Gasteiger partial charge in [0.15, 0.2) is 0 Å². The van der Waals surface area contributed by atoms with E-state index in [4.69, 9.17) is 12.2 Å². The predicted octanol–water partition coefficient (Wildman–Crippen LogP) is 4.49. The normalized spacial score (nSPS) is 10.6. The number of rotatable bonds is 2. The fourth-order valence-corrected chi connectivity index (χ4v) is 2.49. The molecule has 104 valence electrons. The van der Waals surface area contributed by atoms with Gasteiger partial charge in [-0.25, -0.2) is 4.98 Å². The molecule has 0 radical (unpaired) electrons. The maximum Gasteiger partial charge on any atom is 0.214 e. The first-order valence-electron chi connectivity index (χ1n) is 6.75. The fraction of sp³-hybridized carbons (Fsp3) is 0.118. The Kier molecular flexibility index (Phi) is 3.62. The highest BCUT2D eigenvalue weighted by atomic mass is 32.1. The zero-order chi connectivity index (χ0) is 14.8. The average molecular weight is 293 g/mol. The van der Waals surface area contributed by atoms with E-state index in [-0.39, 0.29) is 0 Å². The minimum absolute atomic E-state index is 0.392. The van der Waals surface area contributed by atoms with Crippen molar-refractivity contribution in [1.82, 2.24) is 15.2 Å². The van der Waals surface area contributed by atoms with Gasteiger partial charge in [0.1, 0.15) is 11.4 Å². The number of hydrogen-bond acceptors (Lipinski definition) is 3. The van der Waals surface area contributed by atoms with Crippen molar-refractivity contribution in [1.29, 1.82) is 0 Å². The third-order valence-electron chi connectivity index (χ3n) is 3.39. The zero-order valence-corrected chi connectivity index (χ0v) is 12.7. The van der Waals surface area contributed by atoms with E-state index in [0.29, 0.717) is 4.77 Å². The maximum absolute atomic E-state index is 5.15. The standard InChI is InChI=1S/C17H15N3S/c1-11-6-5-8-13(10-11)15-16(19-20-17(21)18-15)14-9-4-3-7-12(14)2/h3-10H,1-2H3,(H,18,20,21). The monoisotopic (exact) mass is 293 g/mol. The molecule has 3 nitrogen and oxygen atoms in total. The minimum atomic E-state index is 0.392. The summed E-state index contributed by atoms with van der Waals surface area (Å²) in [7, 11) is 0. The molecule has 1 heterocycles. The van der Waals surface area contributed by atoms with Crippen LogP contribution < -0.4 is 0 Å². The molecule has 3 aromatic rings. The van der Waals surface area contributed by atoms with Crippen LogP contribution in [0.25, 0.3) is 22.5 Å². The maximum atomic E-state index is 5.15. The number of H-pyrrole nitrogens is 1. The molecule has 3 rings (SSSR count). The number of nitrogens with zero attached hydrogens (tertiary/aromatic N) is 2. The molecule has 0 unspecified atom stereocenters. The number of aryl methyl sites for hydroxylation is 2. The van der Waals surface area contributed by atoms with E-state index < -0.39 is 0 Å². The van der Waals surface area contributed by atoms with Gasteiger partial charge in [0.25, 0.3) is 0 Å². The molecule has 0 bridgehead atoms. The molecule has 21 heavy (non-hydrogen) atoms. The Hall–Kier alpha value is -2.33. The van der Waals surface area contributed by atoms with Crippen LogP contribution in [0.2, 0.25) is 0 Å². The second-order valence-corrected chi connectivity index (χ2v) is 5.41. The average Bonchev–Trinajstić information content (AvgIpc) is 2.48. The van der Waals surface area contributed by atoms with Crippen LogP contribution in [-0.2, 0) is 0 Å². The van der Waals surface area contributed by atoms with Crippen LogP contribution in [0.5, 0.6) is 0 Å². The molecular formula is C17H15N3S. The molecule has 0 aliphatic rings. The van der Waals surface area contributed by atoms with Gasteiger partial charge in [-0.15, -0.1) is 0 Å². The summed E-state index contributed by atoms with van der Waals surface area (Å²) >= 11 is 5.15. The molecule has 0 aliphatic heterocycles. The van der Waals surface area contributed by atoms with Crippen LogP contribution in [0.15, 0.2) is 48.5 Å². The quantitative estimate of drug-likeness (QED) is 0.708. The Bertz CT molecular complexity index is 852. The van der Waals surface area contributed by atoms with Crippen molar-refractivity contribution < 1.29 is 0 Å². The Balaban J connectivity index is 2.28. The van der Waals surface area contributed by atoms with Crippen LogP contribution in [0.1, 0.15) is 11.1 Å². The van der Waals surface area contributed by atoms with Crippen LogP contribution in [-0.4, -0.2) is 15.2 Å². The first kappa shape index (κ1) is 13.6. The fourth-order valence-electron chi connectivity index (χ4n) is 2.36. The van der Waals surface area contributed by atoms with Crippen molar-refractivity contribution in [3.05, 3.63) is 64.4 Å². The summed E-state index contributed by atoms with van der Waals surface area (Å²) in [5.74, 6) is 0. The molecule has 1 aromatic heterocycles. The van der Waals surface area contributed by atoms with Crippen molar-refractivity contribution in [2.45, 2.75) is 13.8 Å². The van der Waals surface area contributed by atoms with Gasteiger partial charge in [0, 0.05) is 11.1 Å². The molecule has 0 amide bonds. The highest BCUT2D eigenvalue weighted by Gasteiger charge is 2.13. The summed E-state index contributed by atoms with van der Waals surface area (Å²) < 4.78 is 0.392. The van der Waals surface area contributed by atoms with Gasteiger partial charge in [-0.05, 0) is 37.7 Å². The van der Waals surface area contributed by atoms with Gasteiger partial charge in [-0.1, -0.05) is 48.0 Å². The predicted molar refractivity (Wildman–Crippen MR) is 87.6 cm³/mol. The van der Waals surface area contributed by atoms with E-state index in [1.807, 2.05) is 24.3 Å². The third kappa shape index (κ3) is 2.76. The summed E-state index contributed by atoms with van der Waals surface area (Å²) in [6.07, 6.45) is 0. The second-order valence-electron chi connectivity index (χ2n) is 5.02. The molecular weight excluding hydrogens is 278 g/mol. The molecule has 0 atom stereocenters. The van der Waals surface area contributed by atoms with E-state index in [0.717, 1.165) is 28.1 Å². The first-order chi connectivity index (χ1) is 10.1.